The molecule has 0 bridgehead atoms. The lowest BCUT2D eigenvalue weighted by Gasteiger charge is -2.23. The molecule has 0 radical (unpaired) electrons. The van der Waals surface area contributed by atoms with Crippen molar-refractivity contribution in [2.24, 2.45) is 0 Å². The van der Waals surface area contributed by atoms with Crippen LogP contribution in [0.5, 0.6) is 0 Å². The first kappa shape index (κ1) is 16.6. The number of benzene rings is 1. The maximum absolute atomic E-state index is 11.9. The summed E-state index contributed by atoms with van der Waals surface area (Å²) >= 11 is 1.47. The van der Waals surface area contributed by atoms with E-state index in [2.05, 4.69) is 4.72 Å². The third-order valence-corrected chi connectivity index (χ3v) is 5.50. The number of nitrogen functional groups attached to an aromatic ring is 1. The van der Waals surface area contributed by atoms with Crippen molar-refractivity contribution >= 4 is 27.5 Å². The minimum absolute atomic E-state index is 0.0556. The summed E-state index contributed by atoms with van der Waals surface area (Å²) < 4.78 is 36.9. The highest BCUT2D eigenvalue weighted by Crippen LogP contribution is 2.20. The third kappa shape index (κ3) is 6.23. The molecule has 1 fully saturated rings. The van der Waals surface area contributed by atoms with Gasteiger partial charge in [-0.1, -0.05) is 6.07 Å². The Bertz CT molecular complexity index is 545. The molecule has 0 amide bonds. The van der Waals surface area contributed by atoms with Gasteiger partial charge in [-0.2, -0.15) is 0 Å². The van der Waals surface area contributed by atoms with Gasteiger partial charge < -0.3 is 15.2 Å². The number of hydrogen-bond donors (Lipinski definition) is 2. The molecule has 0 aliphatic carbocycles. The van der Waals surface area contributed by atoms with Gasteiger partial charge in [0.05, 0.1) is 31.7 Å². The van der Waals surface area contributed by atoms with Crippen LogP contribution < -0.4 is 10.5 Å². The van der Waals surface area contributed by atoms with Crippen molar-refractivity contribution in [2.75, 3.05) is 43.6 Å². The zero-order valence-electron chi connectivity index (χ0n) is 11.7. The molecule has 1 heterocycles. The minimum Gasteiger partial charge on any atom is -0.399 e. The number of ether oxygens (including phenoxy) is 2. The summed E-state index contributed by atoms with van der Waals surface area (Å²) in [4.78, 5) is 0.967. The maximum Gasteiger partial charge on any atom is 0.212 e. The summed E-state index contributed by atoms with van der Waals surface area (Å²) in [6, 6.07) is 7.39. The van der Waals surface area contributed by atoms with Crippen LogP contribution in [-0.4, -0.2) is 52.4 Å². The first-order valence-corrected chi connectivity index (χ1v) is 9.34. The van der Waals surface area contributed by atoms with Crippen LogP contribution in [0.15, 0.2) is 29.2 Å². The Balaban J connectivity index is 1.70. The Hall–Kier alpha value is -0.800. The Kier molecular flexibility index (Phi) is 6.31. The molecule has 1 saturated heterocycles. The van der Waals surface area contributed by atoms with Crippen LogP contribution in [0.25, 0.3) is 0 Å². The molecule has 118 valence electrons. The molecule has 0 saturated carbocycles. The molecule has 1 aliphatic heterocycles. The highest BCUT2D eigenvalue weighted by atomic mass is 32.2. The van der Waals surface area contributed by atoms with Gasteiger partial charge in [0.25, 0.3) is 0 Å². The summed E-state index contributed by atoms with van der Waals surface area (Å²) in [6.45, 7) is 1.77. The lowest BCUT2D eigenvalue weighted by atomic mass is 10.3. The zero-order valence-corrected chi connectivity index (χ0v) is 13.3. The predicted molar refractivity (Wildman–Crippen MR) is 83.9 cm³/mol. The van der Waals surface area contributed by atoms with Crippen molar-refractivity contribution < 1.29 is 17.9 Å². The number of nitrogens with one attached hydrogen (secondary N) is 1. The van der Waals surface area contributed by atoms with E-state index in [1.54, 1.807) is 6.07 Å². The van der Waals surface area contributed by atoms with Gasteiger partial charge in [-0.05, 0) is 18.2 Å². The predicted octanol–water partition coefficient (Wildman–Crippen LogP) is 0.696. The quantitative estimate of drug-likeness (QED) is 0.564. The van der Waals surface area contributed by atoms with Crippen molar-refractivity contribution in [3.05, 3.63) is 24.3 Å². The first-order valence-electron chi connectivity index (χ1n) is 6.70. The Labute approximate surface area is 129 Å². The largest absolute Gasteiger partial charge is 0.399 e. The number of nitrogens with two attached hydrogens (primary N) is 1. The number of thioether (sulfide) groups is 1. The monoisotopic (exact) mass is 332 g/mol. The molecule has 6 nitrogen and oxygen atoms in total. The van der Waals surface area contributed by atoms with Gasteiger partial charge >= 0.3 is 0 Å². The first-order chi connectivity index (χ1) is 10.1. The molecular formula is C13H20N2O4S2. The van der Waals surface area contributed by atoms with Crippen LogP contribution in [0.4, 0.5) is 5.69 Å². The van der Waals surface area contributed by atoms with Crippen molar-refractivity contribution in [1.29, 1.82) is 0 Å². The van der Waals surface area contributed by atoms with Gasteiger partial charge in [0.2, 0.25) is 10.0 Å². The van der Waals surface area contributed by atoms with Crippen LogP contribution in [0.3, 0.4) is 0 Å². The summed E-state index contributed by atoms with van der Waals surface area (Å²) in [5, 5.41) is 0. The number of hydrogen-bond acceptors (Lipinski definition) is 6. The number of sulfonamides is 1. The van der Waals surface area contributed by atoms with Crippen molar-refractivity contribution in [1.82, 2.24) is 4.72 Å². The molecular weight excluding hydrogens is 312 g/mol. The van der Waals surface area contributed by atoms with E-state index in [0.29, 0.717) is 31.3 Å². The molecule has 3 N–H and O–H groups in total. The van der Waals surface area contributed by atoms with Crippen LogP contribution in [0.1, 0.15) is 0 Å². The molecule has 21 heavy (non-hydrogen) atoms. The number of anilines is 1. The fourth-order valence-electron chi connectivity index (χ4n) is 1.82. The second-order valence-electron chi connectivity index (χ2n) is 4.66. The van der Waals surface area contributed by atoms with Gasteiger partial charge in [0, 0.05) is 22.9 Å². The van der Waals surface area contributed by atoms with Crippen molar-refractivity contribution in [2.45, 2.75) is 11.0 Å². The van der Waals surface area contributed by atoms with E-state index in [1.165, 1.54) is 11.8 Å². The Morgan fingerprint density at radius 3 is 2.95 bits per heavy atom. The number of rotatable bonds is 7. The van der Waals surface area contributed by atoms with Crippen LogP contribution >= 0.6 is 11.8 Å². The molecule has 1 unspecified atom stereocenters. The van der Waals surface area contributed by atoms with Gasteiger partial charge in [0.1, 0.15) is 0 Å². The van der Waals surface area contributed by atoms with E-state index in [4.69, 9.17) is 15.2 Å². The SMILES string of the molecule is Nc1cccc(SCCS(=O)(=O)NCC2COCCO2)c1. The van der Waals surface area contributed by atoms with Gasteiger partial charge in [-0.3, -0.25) is 0 Å². The van der Waals surface area contributed by atoms with E-state index in [9.17, 15) is 8.42 Å². The van der Waals surface area contributed by atoms with Gasteiger partial charge in [0.15, 0.2) is 0 Å². The summed E-state index contributed by atoms with van der Waals surface area (Å²) in [5.41, 5.74) is 6.35. The molecule has 8 heteroatoms. The summed E-state index contributed by atoms with van der Waals surface area (Å²) in [7, 11) is -3.30. The van der Waals surface area contributed by atoms with E-state index < -0.39 is 10.0 Å². The highest BCUT2D eigenvalue weighted by Gasteiger charge is 2.18. The van der Waals surface area contributed by atoms with Gasteiger partial charge in [-0.25, -0.2) is 13.1 Å². The molecule has 1 aliphatic rings. The second-order valence-corrected chi connectivity index (χ2v) is 7.75. The van der Waals surface area contributed by atoms with E-state index in [-0.39, 0.29) is 18.4 Å². The topological polar surface area (TPSA) is 90.7 Å². The van der Waals surface area contributed by atoms with Gasteiger partial charge in [-0.15, -0.1) is 11.8 Å². The standard InChI is InChI=1S/C13H20N2O4S2/c14-11-2-1-3-13(8-11)20-6-7-21(16,17)15-9-12-10-18-4-5-19-12/h1-3,8,12,15H,4-7,9-10,14H2. The smallest absolute Gasteiger partial charge is 0.212 e. The molecule has 0 aromatic heterocycles. The van der Waals surface area contributed by atoms with Crippen molar-refractivity contribution in [3.63, 3.8) is 0 Å². The molecule has 2 rings (SSSR count). The van der Waals surface area contributed by atoms with Crippen LogP contribution in [0.2, 0.25) is 0 Å². The fourth-order valence-corrected chi connectivity index (χ4v) is 4.25. The average Bonchev–Trinajstić information content (AvgIpc) is 2.46. The van der Waals surface area contributed by atoms with Crippen molar-refractivity contribution in [3.8, 4) is 0 Å². The van der Waals surface area contributed by atoms with E-state index in [1.807, 2.05) is 18.2 Å². The Morgan fingerprint density at radius 1 is 1.38 bits per heavy atom. The zero-order chi connectivity index (χ0) is 15.1. The molecule has 1 aromatic rings. The van der Waals surface area contributed by atoms with Crippen LogP contribution in [-0.2, 0) is 19.5 Å². The fraction of sp³-hybridized carbons (Fsp3) is 0.538. The molecule has 1 atom stereocenters. The maximum atomic E-state index is 11.9. The summed E-state index contributed by atoms with van der Waals surface area (Å²) in [6.07, 6.45) is -0.199. The van der Waals surface area contributed by atoms with E-state index >= 15 is 0 Å². The molecule has 0 spiro atoms. The third-order valence-electron chi connectivity index (χ3n) is 2.89. The minimum atomic E-state index is -3.30. The molecule has 1 aromatic carbocycles. The average molecular weight is 332 g/mol. The Morgan fingerprint density at radius 2 is 2.24 bits per heavy atom. The lowest BCUT2D eigenvalue weighted by Crippen LogP contribution is -2.40. The van der Waals surface area contributed by atoms with E-state index in [0.717, 1.165) is 4.90 Å². The normalized spacial score (nSPS) is 19.5. The highest BCUT2D eigenvalue weighted by molar-refractivity contribution is 8.00. The second kappa shape index (κ2) is 8.00. The van der Waals surface area contributed by atoms with Crippen LogP contribution in [0, 0.1) is 0 Å². The summed E-state index contributed by atoms with van der Waals surface area (Å²) in [5.74, 6) is 0.529. The lowest BCUT2D eigenvalue weighted by molar-refractivity contribution is -0.0846.